The quantitative estimate of drug-likeness (QED) is 0.134. The van der Waals surface area contributed by atoms with Gasteiger partial charge in [-0.2, -0.15) is 26.3 Å². The molecular weight excluding hydrogens is 606 g/mol. The zero-order valence-corrected chi connectivity index (χ0v) is 25.1. The molecule has 5 rings (SSSR count). The normalized spacial score (nSPS) is 15.7. The molecule has 1 saturated heterocycles. The number of aliphatic hydroxyl groups excluding tert-OH is 1. The molecule has 1 atom stereocenters. The summed E-state index contributed by atoms with van der Waals surface area (Å²) >= 11 is 0. The maximum Gasteiger partial charge on any atom is 0.433 e. The number of hydrogen-bond donors (Lipinski definition) is 2. The van der Waals surface area contributed by atoms with Crippen LogP contribution in [0.15, 0.2) is 97.1 Å². The minimum absolute atomic E-state index is 0.109. The largest absolute Gasteiger partial charge is 0.433 e. The third-order valence-corrected chi connectivity index (χ3v) is 8.28. The Morgan fingerprint density at radius 3 is 1.83 bits per heavy atom. The van der Waals surface area contributed by atoms with Crippen LogP contribution in [0.1, 0.15) is 46.5 Å². The second-order valence-corrected chi connectivity index (χ2v) is 11.4. The highest BCUT2D eigenvalue weighted by Gasteiger charge is 2.34. The minimum Gasteiger partial charge on any atom is -0.394 e. The smallest absolute Gasteiger partial charge is 0.394 e. The van der Waals surface area contributed by atoms with Gasteiger partial charge in [-0.3, -0.25) is 4.90 Å². The molecule has 0 bridgehead atoms. The molecule has 1 aliphatic rings. The van der Waals surface area contributed by atoms with E-state index < -0.39 is 36.3 Å². The van der Waals surface area contributed by atoms with Crippen molar-refractivity contribution in [3.8, 4) is 11.3 Å². The summed E-state index contributed by atoms with van der Waals surface area (Å²) < 4.78 is 80.2. The SMILES string of the molecule is OC[C@H](NCCCN1CCN(C(c2ccccc2)c2ccccc2)CC1)c1cc(-c2ccc(C(F)(F)F)cc2)nc(C(F)(F)F)c1. The number of aromatic nitrogens is 1. The number of piperazine rings is 1. The first-order valence-electron chi connectivity index (χ1n) is 15.2. The van der Waals surface area contributed by atoms with Crippen molar-refractivity contribution in [2.75, 3.05) is 45.9 Å². The average molecular weight is 643 g/mol. The molecule has 2 N–H and O–H groups in total. The Hall–Kier alpha value is -3.77. The van der Waals surface area contributed by atoms with E-state index in [0.29, 0.717) is 13.0 Å². The molecule has 0 spiro atoms. The van der Waals surface area contributed by atoms with Crippen molar-refractivity contribution in [3.63, 3.8) is 0 Å². The molecule has 0 unspecified atom stereocenters. The topological polar surface area (TPSA) is 51.6 Å². The van der Waals surface area contributed by atoms with Crippen LogP contribution in [-0.2, 0) is 12.4 Å². The maximum atomic E-state index is 13.7. The van der Waals surface area contributed by atoms with Gasteiger partial charge < -0.3 is 15.3 Å². The molecule has 244 valence electrons. The Morgan fingerprint density at radius 1 is 0.717 bits per heavy atom. The number of nitrogens with one attached hydrogen (secondary N) is 1. The summed E-state index contributed by atoms with van der Waals surface area (Å²) in [6, 6.07) is 26.3. The summed E-state index contributed by atoms with van der Waals surface area (Å²) in [6.07, 6.45) is -8.64. The van der Waals surface area contributed by atoms with E-state index in [-0.39, 0.29) is 22.9 Å². The number of alkyl halides is 6. The highest BCUT2D eigenvalue weighted by atomic mass is 19.4. The fourth-order valence-corrected chi connectivity index (χ4v) is 5.87. The van der Waals surface area contributed by atoms with Crippen molar-refractivity contribution >= 4 is 0 Å². The second-order valence-electron chi connectivity index (χ2n) is 11.4. The van der Waals surface area contributed by atoms with Crippen LogP contribution in [-0.4, -0.2) is 65.8 Å². The van der Waals surface area contributed by atoms with Crippen molar-refractivity contribution in [2.24, 2.45) is 0 Å². The first-order valence-corrected chi connectivity index (χ1v) is 15.2. The molecule has 5 nitrogen and oxygen atoms in total. The molecule has 0 amide bonds. The van der Waals surface area contributed by atoms with E-state index in [2.05, 4.69) is 68.6 Å². The van der Waals surface area contributed by atoms with Gasteiger partial charge in [0.15, 0.2) is 0 Å². The van der Waals surface area contributed by atoms with Crippen LogP contribution in [0.25, 0.3) is 11.3 Å². The third kappa shape index (κ3) is 8.52. The van der Waals surface area contributed by atoms with Gasteiger partial charge >= 0.3 is 12.4 Å². The second kappa shape index (κ2) is 14.8. The van der Waals surface area contributed by atoms with Crippen LogP contribution in [0.2, 0.25) is 0 Å². The van der Waals surface area contributed by atoms with Gasteiger partial charge in [-0.1, -0.05) is 72.8 Å². The highest BCUT2D eigenvalue weighted by Crippen LogP contribution is 2.34. The fourth-order valence-electron chi connectivity index (χ4n) is 5.87. The summed E-state index contributed by atoms with van der Waals surface area (Å²) in [7, 11) is 0. The van der Waals surface area contributed by atoms with Gasteiger partial charge in [0.2, 0.25) is 0 Å². The van der Waals surface area contributed by atoms with Crippen LogP contribution in [0.5, 0.6) is 0 Å². The van der Waals surface area contributed by atoms with Gasteiger partial charge in [0.1, 0.15) is 5.69 Å². The van der Waals surface area contributed by atoms with Gasteiger partial charge in [0.25, 0.3) is 0 Å². The first-order chi connectivity index (χ1) is 22.0. The van der Waals surface area contributed by atoms with Crippen molar-refractivity contribution in [2.45, 2.75) is 30.9 Å². The van der Waals surface area contributed by atoms with Crippen molar-refractivity contribution < 1.29 is 31.4 Å². The summed E-state index contributed by atoms with van der Waals surface area (Å²) in [4.78, 5) is 8.51. The lowest BCUT2D eigenvalue weighted by Gasteiger charge is -2.40. The van der Waals surface area contributed by atoms with Gasteiger partial charge in [-0.05, 0) is 60.5 Å². The summed E-state index contributed by atoms with van der Waals surface area (Å²) in [5.41, 5.74) is 0.537. The number of pyridine rings is 1. The molecule has 0 saturated carbocycles. The molecular formula is C35H36F6N4O. The zero-order chi connectivity index (χ0) is 32.7. The van der Waals surface area contributed by atoms with Gasteiger partial charge in [-0.25, -0.2) is 4.98 Å². The maximum absolute atomic E-state index is 13.7. The van der Waals surface area contributed by atoms with Crippen LogP contribution in [0.4, 0.5) is 26.3 Å². The molecule has 1 aliphatic heterocycles. The molecule has 1 fully saturated rings. The molecule has 3 aromatic carbocycles. The Kier molecular flexibility index (Phi) is 10.8. The van der Waals surface area contributed by atoms with Gasteiger partial charge in [-0.15, -0.1) is 0 Å². The zero-order valence-electron chi connectivity index (χ0n) is 25.1. The molecule has 46 heavy (non-hydrogen) atoms. The molecule has 2 heterocycles. The lowest BCUT2D eigenvalue weighted by Crippen LogP contribution is -2.48. The van der Waals surface area contributed by atoms with Crippen LogP contribution in [0, 0.1) is 0 Å². The molecule has 11 heteroatoms. The van der Waals surface area contributed by atoms with Crippen LogP contribution >= 0.6 is 0 Å². The fraction of sp³-hybridized carbons (Fsp3) is 0.343. The number of benzene rings is 3. The summed E-state index contributed by atoms with van der Waals surface area (Å²) in [5, 5.41) is 13.2. The predicted molar refractivity (Wildman–Crippen MR) is 165 cm³/mol. The number of rotatable bonds is 11. The average Bonchev–Trinajstić information content (AvgIpc) is 3.06. The van der Waals surface area contributed by atoms with E-state index in [9.17, 15) is 31.4 Å². The highest BCUT2D eigenvalue weighted by molar-refractivity contribution is 5.61. The Labute approximate surface area is 264 Å². The van der Waals surface area contributed by atoms with E-state index in [0.717, 1.165) is 63.1 Å². The Bertz CT molecular complexity index is 1480. The molecule has 1 aromatic heterocycles. The van der Waals surface area contributed by atoms with E-state index in [4.69, 9.17) is 0 Å². The molecule has 0 radical (unpaired) electrons. The van der Waals surface area contributed by atoms with Crippen LogP contribution < -0.4 is 5.32 Å². The lowest BCUT2D eigenvalue weighted by molar-refractivity contribution is -0.141. The van der Waals surface area contributed by atoms with E-state index >= 15 is 0 Å². The summed E-state index contributed by atoms with van der Waals surface area (Å²) in [6.45, 7) is 4.26. The molecule has 0 aliphatic carbocycles. The van der Waals surface area contributed by atoms with Crippen molar-refractivity contribution in [1.82, 2.24) is 20.1 Å². The van der Waals surface area contributed by atoms with Crippen LogP contribution in [0.3, 0.4) is 0 Å². The van der Waals surface area contributed by atoms with Gasteiger partial charge in [0.05, 0.1) is 29.9 Å². The number of aliphatic hydroxyl groups is 1. The minimum atomic E-state index is -4.78. The number of halogens is 6. The van der Waals surface area contributed by atoms with E-state index in [1.54, 1.807) is 0 Å². The standard InChI is InChI=1S/C35H36F6N4O/c36-34(37,38)29-14-12-25(13-15-29)30-22-28(23-32(43-30)35(39,40)41)31(24-46)42-16-7-17-44-18-20-45(21-19-44)33(26-8-3-1-4-9-26)27-10-5-2-6-11-27/h1-6,8-15,22-23,31,33,42,46H,7,16-21,24H2/t31-/m0/s1. The third-order valence-electron chi connectivity index (χ3n) is 8.28. The van der Waals surface area contributed by atoms with Crippen molar-refractivity contribution in [1.29, 1.82) is 0 Å². The number of hydrogen-bond acceptors (Lipinski definition) is 5. The van der Waals surface area contributed by atoms with Crippen molar-refractivity contribution in [3.05, 3.63) is 125 Å². The van der Waals surface area contributed by atoms with Gasteiger partial charge in [0, 0.05) is 31.7 Å². The lowest BCUT2D eigenvalue weighted by atomic mass is 9.96. The molecule has 4 aromatic rings. The Balaban J connectivity index is 1.19. The monoisotopic (exact) mass is 642 g/mol. The summed E-state index contributed by atoms with van der Waals surface area (Å²) in [5.74, 6) is 0. The number of nitrogens with zero attached hydrogens (tertiary/aromatic N) is 3. The predicted octanol–water partition coefficient (Wildman–Crippen LogP) is 7.21. The van der Waals surface area contributed by atoms with E-state index in [1.807, 2.05) is 12.1 Å². The Morgan fingerprint density at radius 2 is 1.30 bits per heavy atom. The van der Waals surface area contributed by atoms with E-state index in [1.165, 1.54) is 17.2 Å². The first kappa shape index (κ1) is 33.6.